The summed E-state index contributed by atoms with van der Waals surface area (Å²) in [7, 11) is 0. The first-order valence-electron chi connectivity index (χ1n) is 11.9. The third-order valence-electron chi connectivity index (χ3n) is 6.20. The third kappa shape index (κ3) is 6.26. The first-order chi connectivity index (χ1) is 17.0. The van der Waals surface area contributed by atoms with Gasteiger partial charge in [-0.1, -0.05) is 36.4 Å². The van der Waals surface area contributed by atoms with Crippen LogP contribution in [0.3, 0.4) is 0 Å². The van der Waals surface area contributed by atoms with Crippen LogP contribution < -0.4 is 0 Å². The van der Waals surface area contributed by atoms with Crippen LogP contribution in [0.15, 0.2) is 76.7 Å². The first-order valence-corrected chi connectivity index (χ1v) is 11.9. The fourth-order valence-corrected chi connectivity index (χ4v) is 4.36. The summed E-state index contributed by atoms with van der Waals surface area (Å²) in [5, 5.41) is 30.6. The van der Waals surface area contributed by atoms with Crippen LogP contribution in [0.4, 0.5) is 0 Å². The summed E-state index contributed by atoms with van der Waals surface area (Å²) < 4.78 is 0. The molecule has 0 radical (unpaired) electrons. The molecule has 3 aromatic carbocycles. The molecule has 1 aliphatic rings. The summed E-state index contributed by atoms with van der Waals surface area (Å²) in [6.07, 6.45) is 3.33. The Morgan fingerprint density at radius 2 is 1.26 bits per heavy atom. The lowest BCUT2D eigenvalue weighted by Gasteiger charge is -2.30. The molecule has 3 N–H and O–H groups in total. The van der Waals surface area contributed by atoms with Gasteiger partial charge in [0.25, 0.3) is 0 Å². The van der Waals surface area contributed by atoms with Crippen LogP contribution in [0.5, 0.6) is 17.2 Å². The second kappa shape index (κ2) is 11.6. The van der Waals surface area contributed by atoms with Crippen LogP contribution in [0.1, 0.15) is 28.4 Å². The van der Waals surface area contributed by atoms with Crippen molar-refractivity contribution in [1.82, 2.24) is 9.80 Å². The van der Waals surface area contributed by atoms with E-state index in [0.29, 0.717) is 30.0 Å². The van der Waals surface area contributed by atoms with Crippen LogP contribution >= 0.6 is 0 Å². The van der Waals surface area contributed by atoms with E-state index in [9.17, 15) is 15.3 Å². The molecule has 3 aromatic rings. The van der Waals surface area contributed by atoms with Crippen molar-refractivity contribution in [1.29, 1.82) is 0 Å². The van der Waals surface area contributed by atoms with Gasteiger partial charge in [0.15, 0.2) is 0 Å². The normalized spacial score (nSPS) is 17.1. The van der Waals surface area contributed by atoms with E-state index in [4.69, 9.17) is 0 Å². The number of phenolic OH excluding ortho intramolecular Hbond substituents is 3. The molecule has 1 saturated heterocycles. The third-order valence-corrected chi connectivity index (χ3v) is 6.20. The van der Waals surface area contributed by atoms with Gasteiger partial charge in [-0.25, -0.2) is 0 Å². The van der Waals surface area contributed by atoms with Crippen molar-refractivity contribution >= 4 is 12.4 Å². The second-order valence-electron chi connectivity index (χ2n) is 8.70. The maximum Gasteiger partial charge on any atom is 0.124 e. The number of hydrogen-bond donors (Lipinski definition) is 3. The van der Waals surface area contributed by atoms with Gasteiger partial charge in [0.05, 0.1) is 19.3 Å². The fraction of sp³-hybridized carbons (Fsp3) is 0.286. The van der Waals surface area contributed by atoms with Gasteiger partial charge in [0, 0.05) is 55.3 Å². The minimum Gasteiger partial charge on any atom is -0.508 e. The highest BCUT2D eigenvalue weighted by molar-refractivity contribution is 5.83. The smallest absolute Gasteiger partial charge is 0.124 e. The molecule has 1 fully saturated rings. The molecule has 1 aliphatic heterocycles. The Kier molecular flexibility index (Phi) is 8.13. The van der Waals surface area contributed by atoms with E-state index in [1.54, 1.807) is 42.8 Å². The van der Waals surface area contributed by atoms with E-state index in [1.165, 1.54) is 0 Å². The Morgan fingerprint density at radius 1 is 0.743 bits per heavy atom. The molecule has 182 valence electrons. The van der Waals surface area contributed by atoms with Crippen LogP contribution in [0, 0.1) is 6.92 Å². The number of nitrogens with zero attached hydrogens (tertiary/aromatic N) is 4. The first kappa shape index (κ1) is 24.4. The molecule has 35 heavy (non-hydrogen) atoms. The van der Waals surface area contributed by atoms with Crippen molar-refractivity contribution in [2.75, 3.05) is 39.3 Å². The van der Waals surface area contributed by atoms with E-state index in [0.717, 1.165) is 37.3 Å². The van der Waals surface area contributed by atoms with Gasteiger partial charge in [0.1, 0.15) is 17.2 Å². The zero-order valence-electron chi connectivity index (χ0n) is 20.0. The summed E-state index contributed by atoms with van der Waals surface area (Å²) >= 11 is 0. The number of aromatic hydroxyl groups is 3. The van der Waals surface area contributed by atoms with Crippen LogP contribution in [0.2, 0.25) is 0 Å². The topological polar surface area (TPSA) is 91.9 Å². The molecule has 1 heterocycles. The predicted molar refractivity (Wildman–Crippen MR) is 140 cm³/mol. The average Bonchev–Trinajstić information content (AvgIpc) is 3.24. The van der Waals surface area contributed by atoms with Gasteiger partial charge in [-0.2, -0.15) is 0 Å². The highest BCUT2D eigenvalue weighted by Gasteiger charge is 2.34. The number of benzene rings is 3. The van der Waals surface area contributed by atoms with Crippen LogP contribution in [0.25, 0.3) is 0 Å². The minimum atomic E-state index is -0.0729. The highest BCUT2D eigenvalue weighted by atomic mass is 16.3. The Bertz CT molecular complexity index is 1130. The summed E-state index contributed by atoms with van der Waals surface area (Å²) in [6, 6.07) is 20.1. The second-order valence-corrected chi connectivity index (χ2v) is 8.70. The average molecular weight is 473 g/mol. The molecule has 7 heteroatoms. The number of hydrogen-bond acceptors (Lipinski definition) is 7. The molecular weight excluding hydrogens is 440 g/mol. The lowest BCUT2D eigenvalue weighted by molar-refractivity contribution is 0.140. The van der Waals surface area contributed by atoms with Gasteiger partial charge < -0.3 is 15.3 Å². The van der Waals surface area contributed by atoms with Gasteiger partial charge in [-0.3, -0.25) is 19.8 Å². The largest absolute Gasteiger partial charge is 0.508 e. The lowest BCUT2D eigenvalue weighted by atomic mass is 10.1. The molecule has 0 aromatic heterocycles. The van der Waals surface area contributed by atoms with Crippen molar-refractivity contribution in [2.45, 2.75) is 13.1 Å². The fourth-order valence-electron chi connectivity index (χ4n) is 4.36. The molecule has 4 rings (SSSR count). The molecule has 7 nitrogen and oxygen atoms in total. The van der Waals surface area contributed by atoms with Gasteiger partial charge in [0.2, 0.25) is 0 Å². The number of aliphatic imine (C=N–C) groups is 2. The van der Waals surface area contributed by atoms with Gasteiger partial charge in [-0.15, -0.1) is 0 Å². The summed E-state index contributed by atoms with van der Waals surface area (Å²) in [5.41, 5.74) is 3.29. The van der Waals surface area contributed by atoms with E-state index in [-0.39, 0.29) is 17.7 Å². The van der Waals surface area contributed by atoms with Crippen molar-refractivity contribution in [3.8, 4) is 17.2 Å². The molecule has 0 atom stereocenters. The van der Waals surface area contributed by atoms with Crippen molar-refractivity contribution in [3.05, 3.63) is 89.0 Å². The number of rotatable bonds is 9. The maximum absolute atomic E-state index is 10.7. The van der Waals surface area contributed by atoms with Gasteiger partial charge >= 0.3 is 0 Å². The SMILES string of the molecule is Cc1ccc(C2N(CCN=Cc3ccccc3O)CCN2CCN=Cc2ccccc2O)c(O)c1. The minimum absolute atomic E-state index is 0.0729. The van der Waals surface area contributed by atoms with Crippen LogP contribution in [-0.4, -0.2) is 76.8 Å². The summed E-state index contributed by atoms with van der Waals surface area (Å²) in [5.74, 6) is 0.730. The number of aryl methyl sites for hydroxylation is 1. The molecular formula is C28H32N4O3. The molecule has 0 saturated carbocycles. The van der Waals surface area contributed by atoms with Gasteiger partial charge in [-0.05, 0) is 42.8 Å². The molecule has 0 spiro atoms. The zero-order chi connectivity index (χ0) is 24.6. The van der Waals surface area contributed by atoms with E-state index >= 15 is 0 Å². The van der Waals surface area contributed by atoms with Crippen molar-refractivity contribution < 1.29 is 15.3 Å². The maximum atomic E-state index is 10.7. The molecule has 0 aliphatic carbocycles. The standard InChI is InChI=1S/C28H32N4O3/c1-21-10-11-24(27(35)18-21)28-31(14-12-29-19-22-6-2-4-8-25(22)33)16-17-32(28)15-13-30-20-23-7-3-5-9-26(23)34/h2-11,18-20,28,33-35H,12-17H2,1H3. The Morgan fingerprint density at radius 3 is 1.74 bits per heavy atom. The molecule has 0 amide bonds. The zero-order valence-corrected chi connectivity index (χ0v) is 20.0. The summed E-state index contributed by atoms with van der Waals surface area (Å²) in [4.78, 5) is 13.7. The van der Waals surface area contributed by atoms with Crippen molar-refractivity contribution in [3.63, 3.8) is 0 Å². The molecule has 0 bridgehead atoms. The van der Waals surface area contributed by atoms with E-state index < -0.39 is 0 Å². The Labute approximate surface area is 206 Å². The number of phenols is 3. The quantitative estimate of drug-likeness (QED) is 0.410. The van der Waals surface area contributed by atoms with Crippen LogP contribution in [-0.2, 0) is 0 Å². The summed E-state index contributed by atoms with van der Waals surface area (Å²) in [6.45, 7) is 6.28. The Balaban J connectivity index is 1.43. The van der Waals surface area contributed by atoms with E-state index in [1.807, 2.05) is 43.3 Å². The highest BCUT2D eigenvalue weighted by Crippen LogP contribution is 2.35. The Hall–Kier alpha value is -3.68. The molecule has 0 unspecified atom stereocenters. The lowest BCUT2D eigenvalue weighted by Crippen LogP contribution is -2.34. The predicted octanol–water partition coefficient (Wildman–Crippen LogP) is 3.97. The van der Waals surface area contributed by atoms with Crippen molar-refractivity contribution in [2.24, 2.45) is 9.98 Å². The number of para-hydroxylation sites is 2. The monoisotopic (exact) mass is 472 g/mol. The van der Waals surface area contributed by atoms with E-state index in [2.05, 4.69) is 19.8 Å².